The molecule has 0 saturated carbocycles. The van der Waals surface area contributed by atoms with Gasteiger partial charge in [0.1, 0.15) is 12.7 Å². The molecule has 6 heteroatoms. The molecule has 0 radical (unpaired) electrons. The van der Waals surface area contributed by atoms with Crippen LogP contribution in [0, 0.1) is 18.3 Å². The van der Waals surface area contributed by atoms with E-state index >= 15 is 0 Å². The first-order valence-corrected chi connectivity index (χ1v) is 11.5. The number of nitrogens with one attached hydrogen (secondary N) is 1. The summed E-state index contributed by atoms with van der Waals surface area (Å²) in [5.41, 5.74) is 5.01. The highest BCUT2D eigenvalue weighted by molar-refractivity contribution is 5.88. The van der Waals surface area contributed by atoms with Crippen molar-refractivity contribution in [1.82, 2.24) is 14.9 Å². The number of pyridine rings is 1. The number of nitriles is 1. The summed E-state index contributed by atoms with van der Waals surface area (Å²) in [6, 6.07) is 16.1. The van der Waals surface area contributed by atoms with Crippen LogP contribution in [-0.4, -0.2) is 47.7 Å². The second-order valence-corrected chi connectivity index (χ2v) is 8.87. The van der Waals surface area contributed by atoms with Crippen molar-refractivity contribution in [2.24, 2.45) is 0 Å². The fourth-order valence-electron chi connectivity index (χ4n) is 4.56. The molecule has 33 heavy (non-hydrogen) atoms. The second-order valence-electron chi connectivity index (χ2n) is 8.87. The number of aromatic amines is 1. The van der Waals surface area contributed by atoms with E-state index in [9.17, 15) is 0 Å². The first-order chi connectivity index (χ1) is 16.1. The van der Waals surface area contributed by atoms with E-state index in [0.717, 1.165) is 71.4 Å². The molecule has 0 saturated heterocycles. The molecule has 0 fully saturated rings. The van der Waals surface area contributed by atoms with Gasteiger partial charge in [-0.2, -0.15) is 5.26 Å². The van der Waals surface area contributed by atoms with E-state index in [-0.39, 0.29) is 6.10 Å². The number of rotatable bonds is 7. The Bertz CT molecular complexity index is 1340. The van der Waals surface area contributed by atoms with Crippen LogP contribution in [0.25, 0.3) is 21.8 Å². The van der Waals surface area contributed by atoms with E-state index in [2.05, 4.69) is 40.2 Å². The number of fused-ring (bicyclic) bond motifs is 4. The smallest absolute Gasteiger partial charge is 0.171 e. The number of nitrogens with zero attached hydrogens (tertiary/aromatic N) is 3. The Hall–Kier alpha value is -3.56. The Morgan fingerprint density at radius 2 is 2.06 bits per heavy atom. The highest BCUT2D eigenvalue weighted by Crippen LogP contribution is 2.38. The molecule has 0 amide bonds. The lowest BCUT2D eigenvalue weighted by Gasteiger charge is -2.30. The Morgan fingerprint density at radius 1 is 1.15 bits per heavy atom. The Balaban J connectivity index is 1.14. The Labute approximate surface area is 193 Å². The van der Waals surface area contributed by atoms with E-state index in [4.69, 9.17) is 14.7 Å². The number of benzene rings is 2. The molecule has 1 aliphatic rings. The van der Waals surface area contributed by atoms with Gasteiger partial charge in [-0.15, -0.1) is 0 Å². The summed E-state index contributed by atoms with van der Waals surface area (Å²) in [6.07, 6.45) is 5.25. The van der Waals surface area contributed by atoms with E-state index < -0.39 is 0 Å². The minimum absolute atomic E-state index is 0.00702. The van der Waals surface area contributed by atoms with Crippen LogP contribution in [-0.2, 0) is 6.42 Å². The Morgan fingerprint density at radius 3 is 2.94 bits per heavy atom. The van der Waals surface area contributed by atoms with Crippen molar-refractivity contribution in [3.63, 3.8) is 0 Å². The summed E-state index contributed by atoms with van der Waals surface area (Å²) in [6.45, 7) is 4.36. The molecule has 2 aromatic heterocycles. The molecule has 5 rings (SSSR count). The number of likely N-dealkylation sites (N-methyl/N-ethyl adjacent to an activating group) is 1. The predicted molar refractivity (Wildman–Crippen MR) is 130 cm³/mol. The van der Waals surface area contributed by atoms with E-state index in [1.165, 1.54) is 5.56 Å². The third-order valence-corrected chi connectivity index (χ3v) is 6.28. The molecule has 0 spiro atoms. The molecule has 3 heterocycles. The number of unbranched alkanes of at least 4 members (excludes halogenated alkanes) is 1. The van der Waals surface area contributed by atoms with E-state index in [1.54, 1.807) is 0 Å². The number of aromatic nitrogens is 2. The number of ether oxygens (including phenoxy) is 2. The number of hydrogen-bond acceptors (Lipinski definition) is 5. The summed E-state index contributed by atoms with van der Waals surface area (Å²) in [5.74, 6) is 1.60. The van der Waals surface area contributed by atoms with Crippen molar-refractivity contribution in [3.8, 4) is 17.6 Å². The van der Waals surface area contributed by atoms with Gasteiger partial charge >= 0.3 is 0 Å². The quantitative estimate of drug-likeness (QED) is 0.410. The lowest BCUT2D eigenvalue weighted by Crippen LogP contribution is -2.39. The molecular weight excluding hydrogens is 412 g/mol. The van der Waals surface area contributed by atoms with Crippen molar-refractivity contribution < 1.29 is 9.47 Å². The summed E-state index contributed by atoms with van der Waals surface area (Å²) in [4.78, 5) is 10.2. The Kier molecular flexibility index (Phi) is 5.89. The number of hydrogen-bond donors (Lipinski definition) is 1. The minimum atomic E-state index is -0.00702. The fraction of sp³-hybridized carbons (Fsp3) is 0.333. The van der Waals surface area contributed by atoms with Crippen molar-refractivity contribution in [3.05, 3.63) is 65.5 Å². The van der Waals surface area contributed by atoms with Crippen LogP contribution >= 0.6 is 0 Å². The van der Waals surface area contributed by atoms with Crippen molar-refractivity contribution >= 4 is 21.8 Å². The van der Waals surface area contributed by atoms with Gasteiger partial charge in [0.15, 0.2) is 11.5 Å². The van der Waals surface area contributed by atoms with Gasteiger partial charge < -0.3 is 19.4 Å². The third kappa shape index (κ3) is 4.50. The SMILES string of the molecule is Cc1ccc2c3c(ccc2n1)OCC(CN(C)CCCCc1c[nH]c2ccc(C#N)cc12)O3. The molecule has 6 nitrogen and oxygen atoms in total. The number of H-pyrrole nitrogens is 1. The van der Waals surface area contributed by atoms with E-state index in [0.29, 0.717) is 12.2 Å². The van der Waals surface area contributed by atoms with Crippen LogP contribution in [0.4, 0.5) is 0 Å². The highest BCUT2D eigenvalue weighted by atomic mass is 16.6. The maximum absolute atomic E-state index is 9.16. The molecule has 4 aromatic rings. The zero-order chi connectivity index (χ0) is 22.8. The standard InChI is InChI=1S/C27H28N4O2/c1-18-6-8-22-25(30-18)10-11-26-27(22)33-21(17-32-26)16-31(2)12-4-3-5-20-15-29-24-9-7-19(14-28)13-23(20)24/h6-11,13,15,21,29H,3-5,12,16-17H2,1-2H3. The van der Waals surface area contributed by atoms with Gasteiger partial charge in [0.05, 0.1) is 17.1 Å². The summed E-state index contributed by atoms with van der Waals surface area (Å²) in [5, 5.41) is 11.3. The maximum Gasteiger partial charge on any atom is 0.171 e. The summed E-state index contributed by atoms with van der Waals surface area (Å²) >= 11 is 0. The maximum atomic E-state index is 9.16. The fourth-order valence-corrected chi connectivity index (χ4v) is 4.56. The van der Waals surface area contributed by atoms with Crippen LogP contribution < -0.4 is 9.47 Å². The minimum Gasteiger partial charge on any atom is -0.486 e. The zero-order valence-corrected chi connectivity index (χ0v) is 19.1. The van der Waals surface area contributed by atoms with Gasteiger partial charge in [-0.1, -0.05) is 0 Å². The zero-order valence-electron chi connectivity index (χ0n) is 19.1. The molecule has 0 aliphatic carbocycles. The van der Waals surface area contributed by atoms with Crippen LogP contribution in [0.2, 0.25) is 0 Å². The number of aryl methyl sites for hydroxylation is 2. The monoisotopic (exact) mass is 440 g/mol. The largest absolute Gasteiger partial charge is 0.486 e. The van der Waals surface area contributed by atoms with E-state index in [1.807, 2.05) is 43.3 Å². The van der Waals surface area contributed by atoms with Crippen LogP contribution in [0.5, 0.6) is 11.5 Å². The van der Waals surface area contributed by atoms with Crippen molar-refractivity contribution in [2.75, 3.05) is 26.7 Å². The van der Waals surface area contributed by atoms with Gasteiger partial charge in [0.25, 0.3) is 0 Å². The molecular formula is C27H28N4O2. The molecule has 2 aromatic carbocycles. The lowest BCUT2D eigenvalue weighted by molar-refractivity contribution is 0.0668. The van der Waals surface area contributed by atoms with Crippen molar-refractivity contribution in [1.29, 1.82) is 5.26 Å². The topological polar surface area (TPSA) is 74.2 Å². The molecule has 1 unspecified atom stereocenters. The van der Waals surface area contributed by atoms with Crippen LogP contribution in [0.1, 0.15) is 29.7 Å². The highest BCUT2D eigenvalue weighted by Gasteiger charge is 2.24. The van der Waals surface area contributed by atoms with Gasteiger partial charge in [-0.3, -0.25) is 4.98 Å². The molecule has 1 aliphatic heterocycles. The average Bonchev–Trinajstić information content (AvgIpc) is 3.23. The predicted octanol–water partition coefficient (Wildman–Crippen LogP) is 4.99. The first kappa shape index (κ1) is 21.3. The molecule has 1 N–H and O–H groups in total. The van der Waals surface area contributed by atoms with Gasteiger partial charge in [0.2, 0.25) is 0 Å². The van der Waals surface area contributed by atoms with Crippen LogP contribution in [0.3, 0.4) is 0 Å². The van der Waals surface area contributed by atoms with Gasteiger partial charge in [-0.25, -0.2) is 0 Å². The second kappa shape index (κ2) is 9.13. The molecule has 1 atom stereocenters. The summed E-state index contributed by atoms with van der Waals surface area (Å²) < 4.78 is 12.4. The average molecular weight is 441 g/mol. The van der Waals surface area contributed by atoms with Crippen molar-refractivity contribution in [2.45, 2.75) is 32.3 Å². The normalized spacial score (nSPS) is 15.3. The molecule has 0 bridgehead atoms. The summed E-state index contributed by atoms with van der Waals surface area (Å²) in [7, 11) is 2.14. The van der Waals surface area contributed by atoms with Crippen LogP contribution in [0.15, 0.2) is 48.7 Å². The van der Waals surface area contributed by atoms with Gasteiger partial charge in [0, 0.05) is 34.7 Å². The lowest BCUT2D eigenvalue weighted by atomic mass is 10.1. The van der Waals surface area contributed by atoms with Gasteiger partial charge in [-0.05, 0) is 87.8 Å². The first-order valence-electron chi connectivity index (χ1n) is 11.5. The molecule has 168 valence electrons. The third-order valence-electron chi connectivity index (χ3n) is 6.28.